The van der Waals surface area contributed by atoms with Gasteiger partial charge in [-0.05, 0) is 46.5 Å². The smallest absolute Gasteiger partial charge is 0.238 e. The van der Waals surface area contributed by atoms with Crippen LogP contribution in [0.25, 0.3) is 5.57 Å². The second-order valence-electron chi connectivity index (χ2n) is 8.76. The highest BCUT2D eigenvalue weighted by atomic mass is 16.5. The molecule has 0 N–H and O–H groups in total. The number of benzene rings is 3. The summed E-state index contributed by atoms with van der Waals surface area (Å²) in [5, 5.41) is 0. The Balaban J connectivity index is 1.46. The van der Waals surface area contributed by atoms with E-state index in [1.165, 1.54) is 10.5 Å². The summed E-state index contributed by atoms with van der Waals surface area (Å²) in [5.74, 6) is -0.375. The summed E-state index contributed by atoms with van der Waals surface area (Å²) in [5.41, 5.74) is 5.17. The number of allylic oxidation sites excluding steroid dienone is 3. The predicted molar refractivity (Wildman–Crippen MR) is 127 cm³/mol. The molecule has 4 atom stereocenters. The van der Waals surface area contributed by atoms with Gasteiger partial charge in [0.2, 0.25) is 11.8 Å². The number of methoxy groups -OCH3 is 1. The quantitative estimate of drug-likeness (QED) is 0.424. The van der Waals surface area contributed by atoms with Gasteiger partial charge in [0.25, 0.3) is 0 Å². The summed E-state index contributed by atoms with van der Waals surface area (Å²) < 4.78 is 5.22. The lowest BCUT2D eigenvalue weighted by Crippen LogP contribution is -2.33. The van der Waals surface area contributed by atoms with E-state index in [0.717, 1.165) is 16.7 Å². The maximum absolute atomic E-state index is 13.6. The topological polar surface area (TPSA) is 46.6 Å². The molecule has 1 saturated heterocycles. The van der Waals surface area contributed by atoms with Crippen molar-refractivity contribution in [1.29, 1.82) is 0 Å². The Bertz CT molecular complexity index is 1220. The Morgan fingerprint density at radius 2 is 1.18 bits per heavy atom. The van der Waals surface area contributed by atoms with Crippen molar-refractivity contribution < 1.29 is 14.3 Å². The normalized spacial score (nSPS) is 25.0. The molecule has 3 aromatic carbocycles. The van der Waals surface area contributed by atoms with Gasteiger partial charge in [0.05, 0.1) is 24.6 Å². The Hall–Kier alpha value is -3.92. The molecule has 2 aliphatic carbocycles. The molecule has 6 rings (SSSR count). The lowest BCUT2D eigenvalue weighted by Gasteiger charge is -2.21. The summed E-state index contributed by atoms with van der Waals surface area (Å²) in [6.07, 6.45) is 4.27. The summed E-state index contributed by atoms with van der Waals surface area (Å²) in [6.45, 7) is 0. The lowest BCUT2D eigenvalue weighted by molar-refractivity contribution is -0.122. The van der Waals surface area contributed by atoms with Crippen LogP contribution in [0.2, 0.25) is 0 Å². The van der Waals surface area contributed by atoms with Crippen molar-refractivity contribution in [2.45, 2.75) is 0 Å². The Morgan fingerprint density at radius 1 is 0.697 bits per heavy atom. The number of imide groups is 1. The molecule has 4 nitrogen and oxygen atoms in total. The minimum absolute atomic E-state index is 0.0740. The van der Waals surface area contributed by atoms with Crippen LogP contribution in [0.4, 0.5) is 5.69 Å². The first-order chi connectivity index (χ1) is 16.2. The second kappa shape index (κ2) is 7.59. The van der Waals surface area contributed by atoms with Crippen molar-refractivity contribution in [2.75, 3.05) is 12.0 Å². The van der Waals surface area contributed by atoms with Crippen LogP contribution >= 0.6 is 0 Å². The fourth-order valence-corrected chi connectivity index (χ4v) is 5.79. The van der Waals surface area contributed by atoms with Crippen molar-refractivity contribution in [3.63, 3.8) is 0 Å². The van der Waals surface area contributed by atoms with Crippen molar-refractivity contribution in [3.8, 4) is 5.75 Å². The van der Waals surface area contributed by atoms with E-state index < -0.39 is 0 Å². The van der Waals surface area contributed by atoms with Crippen LogP contribution in [0.5, 0.6) is 5.75 Å². The number of carbonyl (C=O) groups excluding carboxylic acids is 2. The van der Waals surface area contributed by atoms with Crippen molar-refractivity contribution in [1.82, 2.24) is 0 Å². The highest BCUT2D eigenvalue weighted by Crippen LogP contribution is 2.58. The molecule has 3 aliphatic rings. The van der Waals surface area contributed by atoms with Gasteiger partial charge in [-0.1, -0.05) is 72.8 Å². The largest absolute Gasteiger partial charge is 0.497 e. The average Bonchev–Trinajstić information content (AvgIpc) is 3.50. The Labute approximate surface area is 192 Å². The van der Waals surface area contributed by atoms with E-state index >= 15 is 0 Å². The van der Waals surface area contributed by atoms with Gasteiger partial charge in [0.1, 0.15) is 5.75 Å². The van der Waals surface area contributed by atoms with Gasteiger partial charge in [0.15, 0.2) is 0 Å². The summed E-state index contributed by atoms with van der Waals surface area (Å²) in [6, 6.07) is 27.7. The van der Waals surface area contributed by atoms with Crippen LogP contribution in [0.15, 0.2) is 103 Å². The van der Waals surface area contributed by atoms with Gasteiger partial charge in [0, 0.05) is 11.8 Å². The summed E-state index contributed by atoms with van der Waals surface area (Å²) in [7, 11) is 1.60. The van der Waals surface area contributed by atoms with Crippen LogP contribution in [0.3, 0.4) is 0 Å². The zero-order chi connectivity index (χ0) is 22.5. The highest BCUT2D eigenvalue weighted by Gasteiger charge is 2.62. The molecular weight excluding hydrogens is 410 g/mol. The van der Waals surface area contributed by atoms with E-state index in [-0.39, 0.29) is 35.5 Å². The van der Waals surface area contributed by atoms with Crippen LogP contribution < -0.4 is 9.64 Å². The number of nitrogens with zero attached hydrogens (tertiary/aromatic N) is 1. The van der Waals surface area contributed by atoms with Crippen LogP contribution in [-0.2, 0) is 9.59 Å². The zero-order valence-corrected chi connectivity index (χ0v) is 18.2. The number of fused-ring (bicyclic) bond motifs is 5. The standard InChI is InChI=1S/C29H23NO3/c1-33-21-14-12-20(13-15-21)30-28(31)26-22-16-17-23(27(26)29(30)32)25(22)24(18-8-4-2-5-9-18)19-10-6-3-7-11-19/h2-17,22-23,26-27H,1H3. The van der Waals surface area contributed by atoms with E-state index in [1.807, 2.05) is 36.4 Å². The molecule has 2 bridgehead atoms. The minimum Gasteiger partial charge on any atom is -0.497 e. The van der Waals surface area contributed by atoms with Crippen molar-refractivity contribution in [3.05, 3.63) is 114 Å². The first-order valence-electron chi connectivity index (χ1n) is 11.2. The van der Waals surface area contributed by atoms with Crippen LogP contribution in [-0.4, -0.2) is 18.9 Å². The van der Waals surface area contributed by atoms with E-state index in [9.17, 15) is 9.59 Å². The van der Waals surface area contributed by atoms with Gasteiger partial charge < -0.3 is 4.74 Å². The van der Waals surface area contributed by atoms with Crippen molar-refractivity contribution >= 4 is 23.1 Å². The molecule has 0 spiro atoms. The third kappa shape index (κ3) is 2.91. The number of hydrogen-bond donors (Lipinski definition) is 0. The van der Waals surface area contributed by atoms with Crippen molar-refractivity contribution in [2.24, 2.45) is 23.7 Å². The first-order valence-corrected chi connectivity index (χ1v) is 11.2. The second-order valence-corrected chi connectivity index (χ2v) is 8.76. The summed E-state index contributed by atoms with van der Waals surface area (Å²) in [4.78, 5) is 28.6. The van der Waals surface area contributed by atoms with Gasteiger partial charge in [-0.15, -0.1) is 0 Å². The van der Waals surface area contributed by atoms with Gasteiger partial charge in [-0.2, -0.15) is 0 Å². The third-order valence-electron chi connectivity index (χ3n) is 7.16. The van der Waals surface area contributed by atoms with Gasteiger partial charge in [-0.25, -0.2) is 4.90 Å². The molecule has 162 valence electrons. The monoisotopic (exact) mass is 433 g/mol. The number of rotatable bonds is 4. The molecule has 33 heavy (non-hydrogen) atoms. The molecule has 4 unspecified atom stereocenters. The predicted octanol–water partition coefficient (Wildman–Crippen LogP) is 5.12. The van der Waals surface area contributed by atoms with Gasteiger partial charge >= 0.3 is 0 Å². The Morgan fingerprint density at radius 3 is 1.64 bits per heavy atom. The van der Waals surface area contributed by atoms with Crippen LogP contribution in [0.1, 0.15) is 11.1 Å². The Kier molecular flexibility index (Phi) is 4.54. The fourth-order valence-electron chi connectivity index (χ4n) is 5.79. The number of anilines is 1. The molecule has 4 heteroatoms. The van der Waals surface area contributed by atoms with E-state index in [2.05, 4.69) is 36.4 Å². The number of hydrogen-bond acceptors (Lipinski definition) is 3. The fraction of sp³-hybridized carbons (Fsp3) is 0.172. The van der Waals surface area contributed by atoms with E-state index in [1.54, 1.807) is 31.4 Å². The average molecular weight is 434 g/mol. The number of amides is 2. The molecule has 0 aromatic heterocycles. The number of carbonyl (C=O) groups is 2. The summed E-state index contributed by atoms with van der Waals surface area (Å²) >= 11 is 0. The van der Waals surface area contributed by atoms with Gasteiger partial charge in [-0.3, -0.25) is 9.59 Å². The molecule has 2 amide bonds. The van der Waals surface area contributed by atoms with Crippen LogP contribution in [0, 0.1) is 23.7 Å². The molecule has 2 fully saturated rings. The highest BCUT2D eigenvalue weighted by molar-refractivity contribution is 6.23. The first kappa shape index (κ1) is 19.7. The third-order valence-corrected chi connectivity index (χ3v) is 7.16. The minimum atomic E-state index is -0.355. The molecular formula is C29H23NO3. The lowest BCUT2D eigenvalue weighted by atomic mass is 9.85. The number of ether oxygens (including phenoxy) is 1. The molecule has 0 radical (unpaired) electrons. The SMILES string of the molecule is COc1ccc(N2C(=O)C3C4C=CC(C4=C(c4ccccc4)c4ccccc4)C3C2=O)cc1. The van der Waals surface area contributed by atoms with E-state index in [0.29, 0.717) is 11.4 Å². The molecule has 3 aromatic rings. The molecule has 1 aliphatic heterocycles. The maximum atomic E-state index is 13.6. The molecule has 1 saturated carbocycles. The zero-order valence-electron chi connectivity index (χ0n) is 18.2. The van der Waals surface area contributed by atoms with E-state index in [4.69, 9.17) is 4.74 Å². The maximum Gasteiger partial charge on any atom is 0.238 e. The molecule has 1 heterocycles.